The van der Waals surface area contributed by atoms with Crippen LogP contribution in [0.25, 0.3) is 0 Å². The molecule has 2 aromatic rings. The summed E-state index contributed by atoms with van der Waals surface area (Å²) in [7, 11) is 0. The zero-order valence-electron chi connectivity index (χ0n) is 10.7. The molecule has 0 saturated heterocycles. The molecule has 0 fully saturated rings. The van der Waals surface area contributed by atoms with Gasteiger partial charge < -0.3 is 10.4 Å². The lowest BCUT2D eigenvalue weighted by molar-refractivity contribution is -0.139. The zero-order chi connectivity index (χ0) is 15.4. The first-order chi connectivity index (χ1) is 9.99. The minimum atomic E-state index is -1.21. The van der Waals surface area contributed by atoms with Crippen molar-refractivity contribution in [1.82, 2.24) is 5.32 Å². The topological polar surface area (TPSA) is 66.4 Å². The van der Waals surface area contributed by atoms with Crippen LogP contribution in [0.15, 0.2) is 48.5 Å². The SMILES string of the molecule is O=C(N[C@@H](C(=O)O)c1ccccc1)c1ccc(Cl)c(F)c1. The summed E-state index contributed by atoms with van der Waals surface area (Å²) in [5, 5.41) is 11.5. The molecular formula is C15H11ClFNO3. The number of nitrogens with one attached hydrogen (secondary N) is 1. The maximum atomic E-state index is 13.3. The van der Waals surface area contributed by atoms with Crippen molar-refractivity contribution >= 4 is 23.5 Å². The summed E-state index contributed by atoms with van der Waals surface area (Å²) >= 11 is 5.54. The van der Waals surface area contributed by atoms with Gasteiger partial charge in [-0.2, -0.15) is 0 Å². The highest BCUT2D eigenvalue weighted by molar-refractivity contribution is 6.30. The number of hydrogen-bond acceptors (Lipinski definition) is 2. The second kappa shape index (κ2) is 6.37. The third-order valence-corrected chi connectivity index (χ3v) is 3.14. The third-order valence-electron chi connectivity index (χ3n) is 2.84. The van der Waals surface area contributed by atoms with Gasteiger partial charge in [0.15, 0.2) is 6.04 Å². The fourth-order valence-electron chi connectivity index (χ4n) is 1.78. The van der Waals surface area contributed by atoms with Crippen LogP contribution >= 0.6 is 11.6 Å². The Kier molecular flexibility index (Phi) is 4.55. The molecule has 0 spiro atoms. The number of carboxylic acid groups (broad SMARTS) is 1. The summed E-state index contributed by atoms with van der Waals surface area (Å²) in [6, 6.07) is 10.6. The molecule has 2 aromatic carbocycles. The number of carboxylic acids is 1. The van der Waals surface area contributed by atoms with Gasteiger partial charge in [0.25, 0.3) is 5.91 Å². The van der Waals surface area contributed by atoms with Crippen LogP contribution in [-0.2, 0) is 4.79 Å². The summed E-state index contributed by atoms with van der Waals surface area (Å²) in [6.07, 6.45) is 0. The van der Waals surface area contributed by atoms with Crippen molar-refractivity contribution in [3.05, 3.63) is 70.5 Å². The molecule has 108 valence electrons. The van der Waals surface area contributed by atoms with Gasteiger partial charge in [0.05, 0.1) is 5.02 Å². The number of benzene rings is 2. The van der Waals surface area contributed by atoms with Crippen LogP contribution in [0.3, 0.4) is 0 Å². The molecule has 1 atom stereocenters. The zero-order valence-corrected chi connectivity index (χ0v) is 11.5. The quantitative estimate of drug-likeness (QED) is 0.912. The Labute approximate surface area is 125 Å². The van der Waals surface area contributed by atoms with Gasteiger partial charge in [0.2, 0.25) is 0 Å². The fraction of sp³-hybridized carbons (Fsp3) is 0.0667. The largest absolute Gasteiger partial charge is 0.479 e. The number of rotatable bonds is 4. The number of carbonyl (C=O) groups is 2. The van der Waals surface area contributed by atoms with Gasteiger partial charge in [0.1, 0.15) is 5.82 Å². The molecule has 0 heterocycles. The first kappa shape index (κ1) is 15.0. The Morgan fingerprint density at radius 2 is 1.81 bits per heavy atom. The van der Waals surface area contributed by atoms with Crippen molar-refractivity contribution in [2.24, 2.45) is 0 Å². The van der Waals surface area contributed by atoms with E-state index in [0.29, 0.717) is 5.56 Å². The highest BCUT2D eigenvalue weighted by Crippen LogP contribution is 2.17. The summed E-state index contributed by atoms with van der Waals surface area (Å²) in [6.45, 7) is 0. The minimum absolute atomic E-state index is 0.000851. The second-order valence-corrected chi connectivity index (χ2v) is 4.69. The van der Waals surface area contributed by atoms with Crippen molar-refractivity contribution < 1.29 is 19.1 Å². The van der Waals surface area contributed by atoms with Gasteiger partial charge in [-0.3, -0.25) is 4.79 Å². The first-order valence-electron chi connectivity index (χ1n) is 6.02. The lowest BCUT2D eigenvalue weighted by atomic mass is 10.1. The predicted molar refractivity (Wildman–Crippen MR) is 75.7 cm³/mol. The van der Waals surface area contributed by atoms with E-state index in [0.717, 1.165) is 6.07 Å². The maximum Gasteiger partial charge on any atom is 0.330 e. The molecule has 0 saturated carbocycles. The molecule has 0 unspecified atom stereocenters. The lowest BCUT2D eigenvalue weighted by Gasteiger charge is -2.15. The van der Waals surface area contributed by atoms with E-state index in [1.165, 1.54) is 12.1 Å². The second-order valence-electron chi connectivity index (χ2n) is 4.28. The Balaban J connectivity index is 2.23. The van der Waals surface area contributed by atoms with E-state index in [9.17, 15) is 19.1 Å². The van der Waals surface area contributed by atoms with E-state index in [1.54, 1.807) is 30.3 Å². The van der Waals surface area contributed by atoms with Crippen molar-refractivity contribution in [2.75, 3.05) is 0 Å². The fourth-order valence-corrected chi connectivity index (χ4v) is 1.90. The van der Waals surface area contributed by atoms with Gasteiger partial charge in [0, 0.05) is 5.56 Å². The Morgan fingerprint density at radius 3 is 2.38 bits per heavy atom. The summed E-state index contributed by atoms with van der Waals surface area (Å²) in [4.78, 5) is 23.3. The number of hydrogen-bond donors (Lipinski definition) is 2. The van der Waals surface area contributed by atoms with E-state index in [1.807, 2.05) is 0 Å². The number of aliphatic carboxylic acids is 1. The molecule has 2 N–H and O–H groups in total. The van der Waals surface area contributed by atoms with E-state index in [2.05, 4.69) is 5.32 Å². The molecule has 0 aromatic heterocycles. The van der Waals surface area contributed by atoms with Gasteiger partial charge in [-0.05, 0) is 23.8 Å². The van der Waals surface area contributed by atoms with Crippen LogP contribution in [0.5, 0.6) is 0 Å². The van der Waals surface area contributed by atoms with Crippen molar-refractivity contribution in [2.45, 2.75) is 6.04 Å². The molecule has 0 aliphatic carbocycles. The van der Waals surface area contributed by atoms with Gasteiger partial charge in [-0.25, -0.2) is 9.18 Å². The van der Waals surface area contributed by atoms with Crippen molar-refractivity contribution in [3.63, 3.8) is 0 Å². The monoisotopic (exact) mass is 307 g/mol. The van der Waals surface area contributed by atoms with E-state index in [4.69, 9.17) is 11.6 Å². The molecule has 2 rings (SSSR count). The Morgan fingerprint density at radius 1 is 1.14 bits per heavy atom. The number of amides is 1. The minimum Gasteiger partial charge on any atom is -0.479 e. The normalized spacial score (nSPS) is 11.7. The highest BCUT2D eigenvalue weighted by Gasteiger charge is 2.22. The van der Waals surface area contributed by atoms with Crippen LogP contribution in [0, 0.1) is 5.82 Å². The average molecular weight is 308 g/mol. The molecule has 0 aliphatic heterocycles. The van der Waals surface area contributed by atoms with Crippen LogP contribution in [0.1, 0.15) is 22.0 Å². The van der Waals surface area contributed by atoms with E-state index < -0.39 is 23.7 Å². The van der Waals surface area contributed by atoms with Crippen molar-refractivity contribution in [3.8, 4) is 0 Å². The maximum absolute atomic E-state index is 13.3. The van der Waals surface area contributed by atoms with Crippen molar-refractivity contribution in [1.29, 1.82) is 0 Å². The molecule has 6 heteroatoms. The Hall–Kier alpha value is -2.40. The molecule has 0 bridgehead atoms. The molecule has 1 amide bonds. The third kappa shape index (κ3) is 3.58. The molecule has 4 nitrogen and oxygen atoms in total. The summed E-state index contributed by atoms with van der Waals surface area (Å²) < 4.78 is 13.3. The van der Waals surface area contributed by atoms with Crippen LogP contribution in [0.2, 0.25) is 5.02 Å². The molecule has 0 aliphatic rings. The van der Waals surface area contributed by atoms with E-state index >= 15 is 0 Å². The van der Waals surface area contributed by atoms with Gasteiger partial charge >= 0.3 is 5.97 Å². The molecule has 0 radical (unpaired) electrons. The predicted octanol–water partition coefficient (Wildman–Crippen LogP) is 3.03. The molecule has 21 heavy (non-hydrogen) atoms. The van der Waals surface area contributed by atoms with Crippen LogP contribution < -0.4 is 5.32 Å². The highest BCUT2D eigenvalue weighted by atomic mass is 35.5. The van der Waals surface area contributed by atoms with Gasteiger partial charge in [-0.15, -0.1) is 0 Å². The summed E-state index contributed by atoms with van der Waals surface area (Å²) in [5.41, 5.74) is 0.423. The standard InChI is InChI=1S/C15H11ClFNO3/c16-11-7-6-10(8-12(11)17)14(19)18-13(15(20)21)9-4-2-1-3-5-9/h1-8,13H,(H,18,19)(H,20,21)/t13-/m1/s1. The van der Waals surface area contributed by atoms with Gasteiger partial charge in [-0.1, -0.05) is 41.9 Å². The molecular weight excluding hydrogens is 297 g/mol. The number of halogens is 2. The van der Waals surface area contributed by atoms with E-state index in [-0.39, 0.29) is 10.6 Å². The number of carbonyl (C=O) groups excluding carboxylic acids is 1. The Bertz CT molecular complexity index is 676. The smallest absolute Gasteiger partial charge is 0.330 e. The summed E-state index contributed by atoms with van der Waals surface area (Å²) in [5.74, 6) is -2.64. The average Bonchev–Trinajstić information content (AvgIpc) is 2.48. The van der Waals surface area contributed by atoms with Crippen LogP contribution in [-0.4, -0.2) is 17.0 Å². The first-order valence-corrected chi connectivity index (χ1v) is 6.40. The van der Waals surface area contributed by atoms with Crippen LogP contribution in [0.4, 0.5) is 4.39 Å². The lowest BCUT2D eigenvalue weighted by Crippen LogP contribution is -2.33.